The lowest BCUT2D eigenvalue weighted by Crippen LogP contribution is -2.44. The smallest absolute Gasteiger partial charge is 0.0604 e. The average Bonchev–Trinajstić information content (AvgIpc) is 2.72. The van der Waals surface area contributed by atoms with Gasteiger partial charge in [-0.1, -0.05) is 0 Å². The van der Waals surface area contributed by atoms with Gasteiger partial charge in [0.05, 0.1) is 6.04 Å². The van der Waals surface area contributed by atoms with Crippen LogP contribution in [0.15, 0.2) is 12.1 Å². The third-order valence-electron chi connectivity index (χ3n) is 3.55. The molecule has 0 saturated carbocycles. The molecule has 0 amide bonds. The molecule has 1 aromatic rings. The minimum atomic E-state index is 0.524. The lowest BCUT2D eigenvalue weighted by molar-refractivity contribution is 0.235. The number of nitrogens with zero attached hydrogens (tertiary/aromatic N) is 2. The van der Waals surface area contributed by atoms with Gasteiger partial charge in [-0.15, -0.1) is 0 Å². The first-order chi connectivity index (χ1) is 7.84. The quantitative estimate of drug-likeness (QED) is 0.795. The molecule has 0 aliphatic carbocycles. The SMILES string of the molecule is CN1CCNC(c2ccc3n2CCSC3)C1. The monoisotopic (exact) mass is 237 g/mol. The lowest BCUT2D eigenvalue weighted by atomic mass is 10.1. The summed E-state index contributed by atoms with van der Waals surface area (Å²) in [4.78, 5) is 2.42. The topological polar surface area (TPSA) is 20.2 Å². The van der Waals surface area contributed by atoms with Crippen LogP contribution in [0.1, 0.15) is 17.4 Å². The summed E-state index contributed by atoms with van der Waals surface area (Å²) in [5.41, 5.74) is 2.99. The molecule has 1 atom stereocenters. The second kappa shape index (κ2) is 4.43. The first kappa shape index (κ1) is 10.7. The maximum atomic E-state index is 3.63. The van der Waals surface area contributed by atoms with Crippen molar-refractivity contribution in [2.75, 3.05) is 32.4 Å². The molecular formula is C12H19N3S. The average molecular weight is 237 g/mol. The molecule has 3 heterocycles. The molecule has 1 unspecified atom stereocenters. The van der Waals surface area contributed by atoms with Crippen molar-refractivity contribution in [3.05, 3.63) is 23.5 Å². The molecule has 2 aliphatic rings. The molecule has 1 N–H and O–H groups in total. The zero-order valence-electron chi connectivity index (χ0n) is 9.78. The van der Waals surface area contributed by atoms with Crippen LogP contribution in [0.2, 0.25) is 0 Å². The number of aromatic nitrogens is 1. The van der Waals surface area contributed by atoms with Gasteiger partial charge in [0.2, 0.25) is 0 Å². The number of likely N-dealkylation sites (N-methyl/N-ethyl adjacent to an activating group) is 1. The van der Waals surface area contributed by atoms with Gasteiger partial charge in [-0.2, -0.15) is 11.8 Å². The predicted octanol–water partition coefficient (Wildman–Crippen LogP) is 1.31. The molecule has 16 heavy (non-hydrogen) atoms. The number of nitrogens with one attached hydrogen (secondary N) is 1. The maximum Gasteiger partial charge on any atom is 0.0604 e. The predicted molar refractivity (Wildman–Crippen MR) is 68.8 cm³/mol. The summed E-state index contributed by atoms with van der Waals surface area (Å²) in [5.74, 6) is 2.44. The van der Waals surface area contributed by atoms with Gasteiger partial charge in [0.1, 0.15) is 0 Å². The van der Waals surface area contributed by atoms with Crippen molar-refractivity contribution in [2.24, 2.45) is 0 Å². The molecule has 0 bridgehead atoms. The fourth-order valence-corrected chi connectivity index (χ4v) is 3.58. The highest BCUT2D eigenvalue weighted by Crippen LogP contribution is 2.26. The van der Waals surface area contributed by atoms with Crippen LogP contribution < -0.4 is 5.32 Å². The van der Waals surface area contributed by atoms with E-state index in [1.165, 1.54) is 36.0 Å². The standard InChI is InChI=1S/C12H19N3S/c1-14-5-4-13-11(8-14)12-3-2-10-9-16-7-6-15(10)12/h2-3,11,13H,4-9H2,1H3. The Labute approximate surface area is 101 Å². The number of thioether (sulfide) groups is 1. The van der Waals surface area contributed by atoms with Crippen molar-refractivity contribution < 1.29 is 0 Å². The Morgan fingerprint density at radius 1 is 1.38 bits per heavy atom. The third kappa shape index (κ3) is 1.90. The summed E-state index contributed by atoms with van der Waals surface area (Å²) in [7, 11) is 2.21. The van der Waals surface area contributed by atoms with E-state index in [1.807, 2.05) is 11.8 Å². The highest BCUT2D eigenvalue weighted by Gasteiger charge is 2.23. The van der Waals surface area contributed by atoms with E-state index in [0.29, 0.717) is 6.04 Å². The zero-order valence-corrected chi connectivity index (χ0v) is 10.6. The van der Waals surface area contributed by atoms with Crippen LogP contribution in [0.3, 0.4) is 0 Å². The van der Waals surface area contributed by atoms with E-state index in [-0.39, 0.29) is 0 Å². The number of hydrogen-bond acceptors (Lipinski definition) is 3. The van der Waals surface area contributed by atoms with Crippen LogP contribution in [0.25, 0.3) is 0 Å². The van der Waals surface area contributed by atoms with E-state index in [2.05, 4.69) is 34.0 Å². The summed E-state index contributed by atoms with van der Waals surface area (Å²) < 4.78 is 2.52. The summed E-state index contributed by atoms with van der Waals surface area (Å²) in [6, 6.07) is 5.14. The van der Waals surface area contributed by atoms with E-state index in [0.717, 1.165) is 13.1 Å². The largest absolute Gasteiger partial charge is 0.345 e. The van der Waals surface area contributed by atoms with Gasteiger partial charge < -0.3 is 14.8 Å². The fraction of sp³-hybridized carbons (Fsp3) is 0.667. The summed E-state index contributed by atoms with van der Waals surface area (Å²) >= 11 is 2.05. The molecular weight excluding hydrogens is 218 g/mol. The van der Waals surface area contributed by atoms with Gasteiger partial charge in [0.15, 0.2) is 0 Å². The molecule has 2 aliphatic heterocycles. The van der Waals surface area contributed by atoms with Crippen LogP contribution in [-0.4, -0.2) is 41.9 Å². The molecule has 3 rings (SSSR count). The molecule has 4 heteroatoms. The Morgan fingerprint density at radius 2 is 2.31 bits per heavy atom. The first-order valence-corrected chi connectivity index (χ1v) is 7.18. The van der Waals surface area contributed by atoms with E-state index in [1.54, 1.807) is 0 Å². The Morgan fingerprint density at radius 3 is 3.19 bits per heavy atom. The Hall–Kier alpha value is -0.450. The van der Waals surface area contributed by atoms with Gasteiger partial charge in [-0.25, -0.2) is 0 Å². The van der Waals surface area contributed by atoms with Crippen LogP contribution in [0.5, 0.6) is 0 Å². The van der Waals surface area contributed by atoms with Gasteiger partial charge >= 0.3 is 0 Å². The number of piperazine rings is 1. The molecule has 88 valence electrons. The normalized spacial score (nSPS) is 26.7. The van der Waals surface area contributed by atoms with Gasteiger partial charge in [-0.3, -0.25) is 0 Å². The number of hydrogen-bond donors (Lipinski definition) is 1. The highest BCUT2D eigenvalue weighted by atomic mass is 32.2. The van der Waals surface area contributed by atoms with Gasteiger partial charge in [0.25, 0.3) is 0 Å². The summed E-state index contributed by atoms with van der Waals surface area (Å²) in [6.45, 7) is 4.59. The van der Waals surface area contributed by atoms with E-state index in [9.17, 15) is 0 Å². The molecule has 0 radical (unpaired) electrons. The first-order valence-electron chi connectivity index (χ1n) is 6.02. The summed E-state index contributed by atoms with van der Waals surface area (Å²) in [6.07, 6.45) is 0. The maximum absolute atomic E-state index is 3.63. The molecule has 0 spiro atoms. The van der Waals surface area contributed by atoms with Crippen molar-refractivity contribution in [1.82, 2.24) is 14.8 Å². The third-order valence-corrected chi connectivity index (χ3v) is 4.52. The van der Waals surface area contributed by atoms with Crippen LogP contribution in [0.4, 0.5) is 0 Å². The second-order valence-electron chi connectivity index (χ2n) is 4.72. The minimum Gasteiger partial charge on any atom is -0.345 e. The Bertz CT molecular complexity index is 374. The highest BCUT2D eigenvalue weighted by molar-refractivity contribution is 7.98. The zero-order chi connectivity index (χ0) is 11.0. The van der Waals surface area contributed by atoms with Crippen LogP contribution in [0, 0.1) is 0 Å². The van der Waals surface area contributed by atoms with Crippen molar-refractivity contribution in [3.8, 4) is 0 Å². The van der Waals surface area contributed by atoms with Crippen molar-refractivity contribution in [1.29, 1.82) is 0 Å². The summed E-state index contributed by atoms with van der Waals surface area (Å²) in [5, 5.41) is 3.63. The Balaban J connectivity index is 1.85. The van der Waals surface area contributed by atoms with Crippen molar-refractivity contribution in [2.45, 2.75) is 18.3 Å². The molecule has 3 nitrogen and oxygen atoms in total. The second-order valence-corrected chi connectivity index (χ2v) is 5.83. The van der Waals surface area contributed by atoms with E-state index < -0.39 is 0 Å². The molecule has 1 fully saturated rings. The van der Waals surface area contributed by atoms with Crippen LogP contribution >= 0.6 is 11.8 Å². The molecule has 1 saturated heterocycles. The minimum absolute atomic E-state index is 0.524. The fourth-order valence-electron chi connectivity index (χ4n) is 2.66. The molecule has 0 aromatic carbocycles. The van der Waals surface area contributed by atoms with Crippen molar-refractivity contribution in [3.63, 3.8) is 0 Å². The van der Waals surface area contributed by atoms with E-state index >= 15 is 0 Å². The molecule has 1 aromatic heterocycles. The van der Waals surface area contributed by atoms with Gasteiger partial charge in [-0.05, 0) is 19.2 Å². The number of rotatable bonds is 1. The Kier molecular flexibility index (Phi) is 2.96. The van der Waals surface area contributed by atoms with Crippen LogP contribution in [-0.2, 0) is 12.3 Å². The lowest BCUT2D eigenvalue weighted by Gasteiger charge is -2.32. The van der Waals surface area contributed by atoms with E-state index in [4.69, 9.17) is 0 Å². The number of fused-ring (bicyclic) bond motifs is 1. The van der Waals surface area contributed by atoms with Gasteiger partial charge in [0, 0.05) is 49.1 Å². The van der Waals surface area contributed by atoms with Crippen molar-refractivity contribution >= 4 is 11.8 Å².